The van der Waals surface area contributed by atoms with Gasteiger partial charge >= 0.3 is 5.97 Å². The van der Waals surface area contributed by atoms with Crippen LogP contribution in [0.3, 0.4) is 0 Å². The molecule has 0 amide bonds. The lowest BCUT2D eigenvalue weighted by Crippen LogP contribution is -2.16. The molecule has 0 aliphatic carbocycles. The Hall–Kier alpha value is -2.19. The number of aromatic nitrogens is 1. The quantitative estimate of drug-likeness (QED) is 0.897. The van der Waals surface area contributed by atoms with Gasteiger partial charge in [0.2, 0.25) is 0 Å². The molecule has 9 heteroatoms. The van der Waals surface area contributed by atoms with Crippen LogP contribution in [-0.2, 0) is 10.0 Å². The number of pyridine rings is 1. The Kier molecular flexibility index (Phi) is 4.10. The lowest BCUT2D eigenvalue weighted by Gasteiger charge is -2.09. The monoisotopic (exact) mass is 330 g/mol. The molecule has 0 saturated carbocycles. The molecule has 1 aromatic carbocycles. The largest absolute Gasteiger partial charge is 0.478 e. The van der Waals surface area contributed by atoms with E-state index in [1.165, 1.54) is 18.3 Å². The van der Waals surface area contributed by atoms with Crippen LogP contribution >= 0.6 is 11.6 Å². The molecule has 0 saturated heterocycles. The van der Waals surface area contributed by atoms with E-state index in [0.29, 0.717) is 0 Å². The molecule has 0 fully saturated rings. The molecule has 2 N–H and O–H groups in total. The third kappa shape index (κ3) is 3.47. The summed E-state index contributed by atoms with van der Waals surface area (Å²) in [5, 5.41) is 9.06. The molecule has 0 spiro atoms. The Labute approximate surface area is 124 Å². The number of hydrogen-bond donors (Lipinski definition) is 2. The van der Waals surface area contributed by atoms with E-state index in [0.717, 1.165) is 18.2 Å². The third-order valence-electron chi connectivity index (χ3n) is 2.43. The van der Waals surface area contributed by atoms with Gasteiger partial charge < -0.3 is 5.11 Å². The Morgan fingerprint density at radius 3 is 2.62 bits per heavy atom. The van der Waals surface area contributed by atoms with Gasteiger partial charge in [0.05, 0.1) is 5.56 Å². The molecular weight excluding hydrogens is 323 g/mol. The first-order valence-corrected chi connectivity index (χ1v) is 7.33. The lowest BCUT2D eigenvalue weighted by atomic mass is 10.2. The Balaban J connectivity index is 2.44. The molecule has 0 radical (unpaired) electrons. The number of nitrogens with zero attached hydrogens (tertiary/aromatic N) is 1. The number of aromatic carboxylic acids is 1. The van der Waals surface area contributed by atoms with Gasteiger partial charge in [0.1, 0.15) is 16.5 Å². The zero-order valence-electron chi connectivity index (χ0n) is 10.2. The van der Waals surface area contributed by atoms with Crippen molar-refractivity contribution in [3.05, 3.63) is 52.9 Å². The highest BCUT2D eigenvalue weighted by Crippen LogP contribution is 2.20. The minimum Gasteiger partial charge on any atom is -0.478 e. The normalized spacial score (nSPS) is 11.1. The Morgan fingerprint density at radius 2 is 2.00 bits per heavy atom. The molecule has 0 bridgehead atoms. The molecule has 21 heavy (non-hydrogen) atoms. The van der Waals surface area contributed by atoms with Crippen LogP contribution in [0.15, 0.2) is 41.4 Å². The second-order valence-electron chi connectivity index (χ2n) is 3.92. The average Bonchev–Trinajstić information content (AvgIpc) is 2.38. The number of halogens is 2. The summed E-state index contributed by atoms with van der Waals surface area (Å²) < 4.78 is 39.8. The molecule has 1 aromatic heterocycles. The molecule has 2 aromatic rings. The zero-order chi connectivity index (χ0) is 15.6. The van der Waals surface area contributed by atoms with Crippen LogP contribution in [0.1, 0.15) is 10.4 Å². The van der Waals surface area contributed by atoms with Crippen LogP contribution < -0.4 is 4.72 Å². The average molecular weight is 331 g/mol. The molecule has 1 heterocycles. The first-order chi connectivity index (χ1) is 9.79. The fourth-order valence-electron chi connectivity index (χ4n) is 1.50. The topological polar surface area (TPSA) is 96.4 Å². The van der Waals surface area contributed by atoms with Gasteiger partial charge in [0, 0.05) is 17.3 Å². The lowest BCUT2D eigenvalue weighted by molar-refractivity contribution is 0.0696. The van der Waals surface area contributed by atoms with Crippen molar-refractivity contribution in [3.63, 3.8) is 0 Å². The number of sulfonamides is 1. The zero-order valence-corrected chi connectivity index (χ0v) is 11.8. The predicted molar refractivity (Wildman–Crippen MR) is 73.4 cm³/mol. The summed E-state index contributed by atoms with van der Waals surface area (Å²) in [7, 11) is -4.33. The van der Waals surface area contributed by atoms with E-state index in [2.05, 4.69) is 4.98 Å². The number of carboxylic acid groups (broad SMARTS) is 1. The van der Waals surface area contributed by atoms with Gasteiger partial charge in [0.25, 0.3) is 10.0 Å². The highest BCUT2D eigenvalue weighted by atomic mass is 35.5. The van der Waals surface area contributed by atoms with E-state index in [-0.39, 0.29) is 16.4 Å². The summed E-state index contributed by atoms with van der Waals surface area (Å²) >= 11 is 5.69. The molecule has 0 unspecified atom stereocenters. The number of hydrogen-bond acceptors (Lipinski definition) is 4. The number of rotatable bonds is 4. The first kappa shape index (κ1) is 15.2. The summed E-state index contributed by atoms with van der Waals surface area (Å²) in [6, 6.07) is 5.13. The van der Waals surface area contributed by atoms with Crippen molar-refractivity contribution in [1.82, 2.24) is 4.98 Å². The van der Waals surface area contributed by atoms with Crippen LogP contribution in [-0.4, -0.2) is 24.5 Å². The van der Waals surface area contributed by atoms with Crippen molar-refractivity contribution in [2.45, 2.75) is 4.90 Å². The van der Waals surface area contributed by atoms with Gasteiger partial charge in [-0.25, -0.2) is 22.6 Å². The smallest absolute Gasteiger partial charge is 0.335 e. The van der Waals surface area contributed by atoms with E-state index >= 15 is 0 Å². The Morgan fingerprint density at radius 1 is 1.29 bits per heavy atom. The van der Waals surface area contributed by atoms with Gasteiger partial charge in [-0.1, -0.05) is 11.6 Å². The number of nitrogens with one attached hydrogen (secondary N) is 1. The maximum atomic E-state index is 13.7. The van der Waals surface area contributed by atoms with Gasteiger partial charge in [0.15, 0.2) is 0 Å². The maximum Gasteiger partial charge on any atom is 0.335 e. The van der Waals surface area contributed by atoms with Crippen LogP contribution in [0, 0.1) is 5.82 Å². The summed E-state index contributed by atoms with van der Waals surface area (Å²) in [4.78, 5) is 13.8. The SMILES string of the molecule is O=C(O)c1ccc(F)c(S(=O)(=O)Nc2cc(Cl)ccn2)c1. The molecule has 0 atom stereocenters. The molecule has 0 aliphatic rings. The standard InChI is InChI=1S/C12H8ClFN2O4S/c13-8-3-4-15-11(6-8)16-21(19,20)10-5-7(12(17)18)1-2-9(10)14/h1-6H,(H,15,16)(H,17,18). The van der Waals surface area contributed by atoms with E-state index in [9.17, 15) is 17.6 Å². The Bertz CT molecular complexity index is 811. The number of carboxylic acids is 1. The molecule has 0 aliphatic heterocycles. The predicted octanol–water partition coefficient (Wildman–Crippen LogP) is 2.37. The maximum absolute atomic E-state index is 13.7. The summed E-state index contributed by atoms with van der Waals surface area (Å²) in [5.41, 5.74) is -0.351. The van der Waals surface area contributed by atoms with E-state index in [1.54, 1.807) is 0 Å². The minimum absolute atomic E-state index is 0.109. The van der Waals surface area contributed by atoms with E-state index in [4.69, 9.17) is 16.7 Å². The van der Waals surface area contributed by atoms with Gasteiger partial charge in [-0.3, -0.25) is 4.72 Å². The summed E-state index contributed by atoms with van der Waals surface area (Å²) in [5.74, 6) is -2.55. The molecular formula is C12H8ClFN2O4S. The van der Waals surface area contributed by atoms with Crippen molar-refractivity contribution in [3.8, 4) is 0 Å². The van der Waals surface area contributed by atoms with Gasteiger partial charge in [-0.2, -0.15) is 0 Å². The molecule has 2 rings (SSSR count). The number of carbonyl (C=O) groups is 1. The van der Waals surface area contributed by atoms with Crippen molar-refractivity contribution in [2.24, 2.45) is 0 Å². The molecule has 110 valence electrons. The molecule has 6 nitrogen and oxygen atoms in total. The highest BCUT2D eigenvalue weighted by Gasteiger charge is 2.21. The summed E-state index contributed by atoms with van der Waals surface area (Å²) in [6.07, 6.45) is 1.27. The second-order valence-corrected chi connectivity index (χ2v) is 6.00. The van der Waals surface area contributed by atoms with Crippen LogP contribution in [0.25, 0.3) is 0 Å². The van der Waals surface area contributed by atoms with Crippen molar-refractivity contribution in [1.29, 1.82) is 0 Å². The van der Waals surface area contributed by atoms with Crippen molar-refractivity contribution >= 4 is 33.4 Å². The van der Waals surface area contributed by atoms with E-state index < -0.39 is 26.7 Å². The van der Waals surface area contributed by atoms with Crippen LogP contribution in [0.2, 0.25) is 5.02 Å². The van der Waals surface area contributed by atoms with Crippen molar-refractivity contribution < 1.29 is 22.7 Å². The second kappa shape index (κ2) is 5.66. The fraction of sp³-hybridized carbons (Fsp3) is 0. The summed E-state index contributed by atoms with van der Waals surface area (Å²) in [6.45, 7) is 0. The first-order valence-electron chi connectivity index (χ1n) is 5.47. The van der Waals surface area contributed by atoms with Crippen molar-refractivity contribution in [2.75, 3.05) is 4.72 Å². The minimum atomic E-state index is -4.33. The third-order valence-corrected chi connectivity index (χ3v) is 4.03. The van der Waals surface area contributed by atoms with Crippen LogP contribution in [0.5, 0.6) is 0 Å². The van der Waals surface area contributed by atoms with Gasteiger partial charge in [-0.05, 0) is 24.3 Å². The fourth-order valence-corrected chi connectivity index (χ4v) is 2.76. The van der Waals surface area contributed by atoms with Crippen LogP contribution in [0.4, 0.5) is 10.2 Å². The highest BCUT2D eigenvalue weighted by molar-refractivity contribution is 7.92. The number of anilines is 1. The van der Waals surface area contributed by atoms with E-state index in [1.807, 2.05) is 4.72 Å². The van der Waals surface area contributed by atoms with Gasteiger partial charge in [-0.15, -0.1) is 0 Å². The number of benzene rings is 1.